The maximum absolute atomic E-state index is 4.74. The lowest BCUT2D eigenvalue weighted by molar-refractivity contribution is 0.833. The molecule has 0 saturated heterocycles. The third-order valence-electron chi connectivity index (χ3n) is 4.60. The molecule has 3 aromatic rings. The van der Waals surface area contributed by atoms with Gasteiger partial charge in [0.2, 0.25) is 5.95 Å². The van der Waals surface area contributed by atoms with Gasteiger partial charge in [-0.3, -0.25) is 4.98 Å². The molecule has 1 N–H and O–H groups in total. The molecular formula is C22H27N5. The number of rotatable bonds is 6. The zero-order valence-corrected chi connectivity index (χ0v) is 16.7. The van der Waals surface area contributed by atoms with Gasteiger partial charge < -0.3 is 10.2 Å². The number of aromatic nitrogens is 3. The molecule has 27 heavy (non-hydrogen) atoms. The Hall–Kier alpha value is -2.95. The molecule has 0 aliphatic carbocycles. The minimum atomic E-state index is 0.731. The van der Waals surface area contributed by atoms with Crippen LogP contribution in [-0.2, 0) is 6.42 Å². The van der Waals surface area contributed by atoms with Gasteiger partial charge in [0.25, 0.3) is 0 Å². The van der Waals surface area contributed by atoms with E-state index in [1.165, 1.54) is 22.3 Å². The molecule has 5 heteroatoms. The molecule has 3 rings (SSSR count). The van der Waals surface area contributed by atoms with E-state index in [2.05, 4.69) is 53.1 Å². The predicted molar refractivity (Wildman–Crippen MR) is 112 cm³/mol. The van der Waals surface area contributed by atoms with E-state index in [0.29, 0.717) is 0 Å². The number of hydrogen-bond acceptors (Lipinski definition) is 5. The lowest BCUT2D eigenvalue weighted by Crippen LogP contribution is -2.23. The average Bonchev–Trinajstić information content (AvgIpc) is 2.63. The van der Waals surface area contributed by atoms with Crippen LogP contribution in [0.1, 0.15) is 27.9 Å². The largest absolute Gasteiger partial charge is 0.343 e. The van der Waals surface area contributed by atoms with Crippen LogP contribution in [0.4, 0.5) is 17.5 Å². The van der Waals surface area contributed by atoms with Gasteiger partial charge in [-0.2, -0.15) is 4.98 Å². The number of aryl methyl sites for hydroxylation is 4. The summed E-state index contributed by atoms with van der Waals surface area (Å²) in [5.41, 5.74) is 7.03. The highest BCUT2D eigenvalue weighted by Gasteiger charge is 2.10. The van der Waals surface area contributed by atoms with Crippen molar-refractivity contribution in [1.82, 2.24) is 15.0 Å². The first-order chi connectivity index (χ1) is 12.9. The summed E-state index contributed by atoms with van der Waals surface area (Å²) in [6.07, 6.45) is 4.58. The van der Waals surface area contributed by atoms with Crippen molar-refractivity contribution in [3.63, 3.8) is 0 Å². The summed E-state index contributed by atoms with van der Waals surface area (Å²) in [4.78, 5) is 15.5. The molecule has 0 amide bonds. The fourth-order valence-corrected chi connectivity index (χ4v) is 3.24. The molecule has 0 unspecified atom stereocenters. The first-order valence-corrected chi connectivity index (χ1v) is 9.23. The zero-order chi connectivity index (χ0) is 19.4. The standard InChI is InChI=1S/C22H27N5/c1-15-12-16(2)21(17(3)13-15)25-20-14-18(4)24-22(26-20)27(5)11-8-19-6-9-23-10-7-19/h6-7,9-10,12-14H,8,11H2,1-5H3,(H,24,25,26). The van der Waals surface area contributed by atoms with Gasteiger partial charge in [0, 0.05) is 43.4 Å². The Morgan fingerprint density at radius 2 is 1.59 bits per heavy atom. The second-order valence-electron chi connectivity index (χ2n) is 7.12. The van der Waals surface area contributed by atoms with Crippen molar-refractivity contribution in [3.05, 3.63) is 70.7 Å². The first-order valence-electron chi connectivity index (χ1n) is 9.23. The van der Waals surface area contributed by atoms with E-state index in [9.17, 15) is 0 Å². The van der Waals surface area contributed by atoms with Crippen molar-refractivity contribution in [2.75, 3.05) is 23.8 Å². The smallest absolute Gasteiger partial charge is 0.227 e. The molecule has 0 spiro atoms. The minimum absolute atomic E-state index is 0.731. The molecule has 5 nitrogen and oxygen atoms in total. The number of benzene rings is 1. The monoisotopic (exact) mass is 361 g/mol. The second kappa shape index (κ2) is 8.16. The predicted octanol–water partition coefficient (Wildman–Crippen LogP) is 4.53. The fraction of sp³-hybridized carbons (Fsp3) is 0.318. The number of anilines is 3. The highest BCUT2D eigenvalue weighted by Crippen LogP contribution is 2.26. The zero-order valence-electron chi connectivity index (χ0n) is 16.7. The normalized spacial score (nSPS) is 10.7. The molecule has 140 valence electrons. The van der Waals surface area contributed by atoms with Crippen molar-refractivity contribution < 1.29 is 0 Å². The van der Waals surface area contributed by atoms with Crippen molar-refractivity contribution in [1.29, 1.82) is 0 Å². The topological polar surface area (TPSA) is 53.9 Å². The summed E-state index contributed by atoms with van der Waals surface area (Å²) >= 11 is 0. The van der Waals surface area contributed by atoms with Gasteiger partial charge in [0.15, 0.2) is 0 Å². The molecule has 2 heterocycles. The number of hydrogen-bond donors (Lipinski definition) is 1. The van der Waals surface area contributed by atoms with Crippen LogP contribution in [-0.4, -0.2) is 28.5 Å². The lowest BCUT2D eigenvalue weighted by Gasteiger charge is -2.19. The Morgan fingerprint density at radius 3 is 2.26 bits per heavy atom. The maximum Gasteiger partial charge on any atom is 0.227 e. The van der Waals surface area contributed by atoms with Crippen LogP contribution in [0.3, 0.4) is 0 Å². The quantitative estimate of drug-likeness (QED) is 0.699. The highest BCUT2D eigenvalue weighted by atomic mass is 15.2. The summed E-state index contributed by atoms with van der Waals surface area (Å²) in [5, 5.41) is 3.49. The SMILES string of the molecule is Cc1cc(C)c(Nc2cc(C)nc(N(C)CCc3ccncc3)n2)c(C)c1. The van der Waals surface area contributed by atoms with Crippen LogP contribution in [0, 0.1) is 27.7 Å². The molecule has 0 saturated carbocycles. The van der Waals surface area contributed by atoms with E-state index in [0.717, 1.165) is 36.1 Å². The summed E-state index contributed by atoms with van der Waals surface area (Å²) in [6, 6.07) is 10.4. The molecule has 0 fully saturated rings. The molecule has 0 atom stereocenters. The Bertz CT molecular complexity index is 898. The molecule has 0 radical (unpaired) electrons. The Balaban J connectivity index is 1.78. The molecule has 0 bridgehead atoms. The third-order valence-corrected chi connectivity index (χ3v) is 4.60. The van der Waals surface area contributed by atoms with E-state index >= 15 is 0 Å². The number of pyridine rings is 1. The fourth-order valence-electron chi connectivity index (χ4n) is 3.24. The molecule has 0 aliphatic rings. The van der Waals surface area contributed by atoms with E-state index in [1.807, 2.05) is 44.6 Å². The van der Waals surface area contributed by atoms with Gasteiger partial charge in [0.1, 0.15) is 5.82 Å². The van der Waals surface area contributed by atoms with Gasteiger partial charge in [0.05, 0.1) is 0 Å². The van der Waals surface area contributed by atoms with Gasteiger partial charge in [-0.05, 0) is 62.9 Å². The molecule has 1 aromatic carbocycles. The Morgan fingerprint density at radius 1 is 0.926 bits per heavy atom. The Labute approximate surface area is 161 Å². The van der Waals surface area contributed by atoms with E-state index in [-0.39, 0.29) is 0 Å². The van der Waals surface area contributed by atoms with Crippen molar-refractivity contribution in [2.45, 2.75) is 34.1 Å². The third kappa shape index (κ3) is 4.82. The average molecular weight is 361 g/mol. The van der Waals surface area contributed by atoms with Crippen molar-refractivity contribution in [2.24, 2.45) is 0 Å². The van der Waals surface area contributed by atoms with E-state index in [1.54, 1.807) is 0 Å². The van der Waals surface area contributed by atoms with Crippen LogP contribution in [0.25, 0.3) is 0 Å². The van der Waals surface area contributed by atoms with Gasteiger partial charge in [-0.15, -0.1) is 0 Å². The summed E-state index contributed by atoms with van der Waals surface area (Å²) < 4.78 is 0. The Kier molecular flexibility index (Phi) is 5.69. The van der Waals surface area contributed by atoms with Crippen LogP contribution >= 0.6 is 0 Å². The van der Waals surface area contributed by atoms with Gasteiger partial charge in [-0.1, -0.05) is 17.7 Å². The summed E-state index contributed by atoms with van der Waals surface area (Å²) in [7, 11) is 2.03. The second-order valence-corrected chi connectivity index (χ2v) is 7.12. The molecular weight excluding hydrogens is 334 g/mol. The number of nitrogens with zero attached hydrogens (tertiary/aromatic N) is 4. The first kappa shape index (κ1) is 18.8. The van der Waals surface area contributed by atoms with Gasteiger partial charge in [-0.25, -0.2) is 4.98 Å². The van der Waals surface area contributed by atoms with Crippen LogP contribution < -0.4 is 10.2 Å². The summed E-state index contributed by atoms with van der Waals surface area (Å²) in [5.74, 6) is 1.55. The van der Waals surface area contributed by atoms with E-state index < -0.39 is 0 Å². The summed E-state index contributed by atoms with van der Waals surface area (Å²) in [6.45, 7) is 9.21. The van der Waals surface area contributed by atoms with Crippen LogP contribution in [0.15, 0.2) is 42.7 Å². The van der Waals surface area contributed by atoms with Crippen LogP contribution in [0.5, 0.6) is 0 Å². The highest BCUT2D eigenvalue weighted by molar-refractivity contribution is 5.66. The molecule has 2 aromatic heterocycles. The number of nitrogens with one attached hydrogen (secondary N) is 1. The molecule has 0 aliphatic heterocycles. The lowest BCUT2D eigenvalue weighted by atomic mass is 10.1. The van der Waals surface area contributed by atoms with Crippen LogP contribution in [0.2, 0.25) is 0 Å². The van der Waals surface area contributed by atoms with Crippen molar-refractivity contribution in [3.8, 4) is 0 Å². The number of likely N-dealkylation sites (N-methyl/N-ethyl adjacent to an activating group) is 1. The van der Waals surface area contributed by atoms with Gasteiger partial charge >= 0.3 is 0 Å². The van der Waals surface area contributed by atoms with Crippen molar-refractivity contribution >= 4 is 17.5 Å². The van der Waals surface area contributed by atoms with E-state index in [4.69, 9.17) is 4.98 Å². The maximum atomic E-state index is 4.74. The minimum Gasteiger partial charge on any atom is -0.343 e.